The van der Waals surface area contributed by atoms with E-state index in [0.717, 1.165) is 38.6 Å². The number of carbonyl (C=O) groups excluding carboxylic acids is 2. The number of aliphatic carboxylic acids is 2. The van der Waals surface area contributed by atoms with E-state index in [0.29, 0.717) is 23.8 Å². The molecule has 1 aliphatic rings. The average molecular weight is 398 g/mol. The molecular weight excluding hydrogens is 374 g/mol. The molecule has 7 nitrogen and oxygen atoms in total. The Morgan fingerprint density at radius 3 is 2.15 bits per heavy atom. The van der Waals surface area contributed by atoms with Gasteiger partial charge in [0.05, 0.1) is 42.2 Å². The maximum absolute atomic E-state index is 9.41. The molecule has 0 aromatic heterocycles. The second-order valence-corrected chi connectivity index (χ2v) is 6.55. The third-order valence-corrected chi connectivity index (χ3v) is 4.31. The average Bonchev–Trinajstić information content (AvgIpc) is 2.61. The van der Waals surface area contributed by atoms with Crippen molar-refractivity contribution in [2.24, 2.45) is 5.41 Å². The van der Waals surface area contributed by atoms with Gasteiger partial charge in [0.25, 0.3) is 0 Å². The summed E-state index contributed by atoms with van der Waals surface area (Å²) in [5.74, 6) is -2.33. The molecule has 0 N–H and O–H groups in total. The van der Waals surface area contributed by atoms with E-state index in [9.17, 15) is 19.8 Å². The van der Waals surface area contributed by atoms with Crippen LogP contribution in [0.3, 0.4) is 0 Å². The minimum absolute atomic E-state index is 0.116. The van der Waals surface area contributed by atoms with Gasteiger partial charge in [0, 0.05) is 6.54 Å². The van der Waals surface area contributed by atoms with Crippen LogP contribution in [0.5, 0.6) is 5.75 Å². The number of carbonyl (C=O) groups is 2. The van der Waals surface area contributed by atoms with Crippen LogP contribution in [0.2, 0.25) is 5.02 Å². The summed E-state index contributed by atoms with van der Waals surface area (Å²) in [5, 5.41) is 19.5. The van der Waals surface area contributed by atoms with Crippen molar-refractivity contribution < 1.29 is 29.3 Å². The predicted octanol–water partition coefficient (Wildman–Crippen LogP) is 0.120. The van der Waals surface area contributed by atoms with Crippen LogP contribution in [0.15, 0.2) is 36.4 Å². The number of para-hydroxylation sites is 1. The minimum Gasteiger partial charge on any atom is -0.545 e. The van der Waals surface area contributed by atoms with Crippen molar-refractivity contribution in [1.82, 2.24) is 4.90 Å². The zero-order valence-corrected chi connectivity index (χ0v) is 16.2. The monoisotopic (exact) mass is 397 g/mol. The predicted molar refractivity (Wildman–Crippen MR) is 97.1 cm³/mol. The Hall–Kier alpha value is -2.09. The second kappa shape index (κ2) is 11.6. The lowest BCUT2D eigenvalue weighted by atomic mass is 9.86. The highest BCUT2D eigenvalue weighted by molar-refractivity contribution is 6.32. The molecule has 0 radical (unpaired) electrons. The molecule has 0 amide bonds. The molecule has 1 aromatic carbocycles. The number of nitrogens with zero attached hydrogens (tertiary/aromatic N) is 1. The van der Waals surface area contributed by atoms with E-state index in [1.807, 2.05) is 24.3 Å². The number of rotatable bonds is 9. The van der Waals surface area contributed by atoms with Gasteiger partial charge in [0.15, 0.2) is 0 Å². The van der Waals surface area contributed by atoms with Gasteiger partial charge in [-0.25, -0.2) is 0 Å². The van der Waals surface area contributed by atoms with Crippen LogP contribution >= 0.6 is 11.6 Å². The molecule has 1 aliphatic heterocycles. The van der Waals surface area contributed by atoms with Gasteiger partial charge < -0.3 is 34.2 Å². The summed E-state index contributed by atoms with van der Waals surface area (Å²) < 4.78 is 11.3. The van der Waals surface area contributed by atoms with E-state index in [-0.39, 0.29) is 5.41 Å². The second-order valence-electron chi connectivity index (χ2n) is 6.14. The zero-order valence-electron chi connectivity index (χ0n) is 15.5. The Kier molecular flexibility index (Phi) is 9.85. The zero-order chi connectivity index (χ0) is 20.3. The van der Waals surface area contributed by atoms with E-state index >= 15 is 0 Å². The van der Waals surface area contributed by atoms with Crippen LogP contribution in [0, 0.1) is 5.41 Å². The third kappa shape index (κ3) is 8.43. The Morgan fingerprint density at radius 2 is 1.74 bits per heavy atom. The first kappa shape index (κ1) is 23.0. The fourth-order valence-electron chi connectivity index (χ4n) is 2.46. The molecule has 0 aliphatic carbocycles. The van der Waals surface area contributed by atoms with Gasteiger partial charge in [0.1, 0.15) is 5.75 Å². The first-order valence-electron chi connectivity index (χ1n) is 8.59. The van der Waals surface area contributed by atoms with E-state index in [2.05, 4.69) is 18.7 Å². The van der Waals surface area contributed by atoms with Gasteiger partial charge in [-0.3, -0.25) is 0 Å². The third-order valence-electron chi connectivity index (χ3n) is 4.00. The molecule has 0 spiro atoms. The number of hydrogen-bond donors (Lipinski definition) is 0. The van der Waals surface area contributed by atoms with E-state index in [1.54, 1.807) is 0 Å². The fourth-order valence-corrected chi connectivity index (χ4v) is 2.65. The van der Waals surface area contributed by atoms with Gasteiger partial charge in [-0.2, -0.15) is 0 Å². The lowest BCUT2D eigenvalue weighted by Crippen LogP contribution is -2.54. The van der Waals surface area contributed by atoms with Gasteiger partial charge >= 0.3 is 0 Å². The molecule has 150 valence electrons. The Balaban J connectivity index is 0.000000387. The Labute approximate surface area is 164 Å². The summed E-state index contributed by atoms with van der Waals surface area (Å²) in [7, 11) is 0. The molecule has 0 atom stereocenters. The molecule has 0 saturated carbocycles. The van der Waals surface area contributed by atoms with Crippen LogP contribution in [-0.2, 0) is 14.3 Å². The molecule has 27 heavy (non-hydrogen) atoms. The SMILES string of the molecule is CCN(CC)CC1(COc2ccccc2Cl)COC1.O=C([O-])C=CC(=O)[O-]. The van der Waals surface area contributed by atoms with Crippen molar-refractivity contribution in [3.8, 4) is 5.75 Å². The summed E-state index contributed by atoms with van der Waals surface area (Å²) in [6.07, 6.45) is 0.769. The van der Waals surface area contributed by atoms with Crippen LogP contribution in [0.4, 0.5) is 0 Å². The molecule has 8 heteroatoms. The van der Waals surface area contributed by atoms with E-state index in [4.69, 9.17) is 21.1 Å². The molecule has 0 bridgehead atoms. The van der Waals surface area contributed by atoms with Crippen LogP contribution in [0.25, 0.3) is 0 Å². The molecule has 1 heterocycles. The topological polar surface area (TPSA) is 102 Å². The maximum atomic E-state index is 9.41. The summed E-state index contributed by atoms with van der Waals surface area (Å²) >= 11 is 6.11. The first-order valence-corrected chi connectivity index (χ1v) is 8.97. The highest BCUT2D eigenvalue weighted by Crippen LogP contribution is 2.31. The van der Waals surface area contributed by atoms with Crippen molar-refractivity contribution in [1.29, 1.82) is 0 Å². The fraction of sp³-hybridized carbons (Fsp3) is 0.474. The summed E-state index contributed by atoms with van der Waals surface area (Å²) in [6, 6.07) is 7.61. The first-order chi connectivity index (χ1) is 12.8. The quantitative estimate of drug-likeness (QED) is 0.545. The van der Waals surface area contributed by atoms with E-state index < -0.39 is 11.9 Å². The highest BCUT2D eigenvalue weighted by atomic mass is 35.5. The van der Waals surface area contributed by atoms with E-state index in [1.165, 1.54) is 0 Å². The van der Waals surface area contributed by atoms with Crippen molar-refractivity contribution in [3.63, 3.8) is 0 Å². The summed E-state index contributed by atoms with van der Waals surface area (Å²) in [5.41, 5.74) is 0.116. The highest BCUT2D eigenvalue weighted by Gasteiger charge is 2.40. The lowest BCUT2D eigenvalue weighted by Gasteiger charge is -2.43. The molecule has 1 saturated heterocycles. The van der Waals surface area contributed by atoms with Crippen molar-refractivity contribution in [3.05, 3.63) is 41.4 Å². The molecule has 0 unspecified atom stereocenters. The van der Waals surface area contributed by atoms with Crippen molar-refractivity contribution in [2.45, 2.75) is 13.8 Å². The summed E-state index contributed by atoms with van der Waals surface area (Å²) in [6.45, 7) is 9.71. The molecule has 2 rings (SSSR count). The Bertz CT molecular complexity index is 625. The van der Waals surface area contributed by atoms with Crippen LogP contribution in [0.1, 0.15) is 13.8 Å². The van der Waals surface area contributed by atoms with Gasteiger partial charge in [-0.1, -0.05) is 37.6 Å². The standard InChI is InChI=1S/C15H22ClNO2.C4H4O4/c1-3-17(4-2)9-15(10-18-11-15)12-19-14-8-6-5-7-13(14)16;5-3(6)1-2-4(7)8/h5-8H,3-4,9-12H2,1-2H3;1-2H,(H,5,6)(H,7,8)/p-2. The minimum atomic E-state index is -1.55. The number of ether oxygens (including phenoxy) is 2. The number of benzene rings is 1. The van der Waals surface area contributed by atoms with Crippen molar-refractivity contribution >= 4 is 23.5 Å². The normalized spacial score (nSPS) is 15.0. The Morgan fingerprint density at radius 1 is 1.19 bits per heavy atom. The smallest absolute Gasteiger partial charge is 0.137 e. The molecule has 1 aromatic rings. The number of halogens is 1. The van der Waals surface area contributed by atoms with Gasteiger partial charge in [-0.05, 0) is 37.4 Å². The van der Waals surface area contributed by atoms with Crippen LogP contribution in [-0.4, -0.2) is 56.3 Å². The molecule has 1 fully saturated rings. The number of carboxylic acid groups (broad SMARTS) is 2. The lowest BCUT2D eigenvalue weighted by molar-refractivity contribution is -0.301. The van der Waals surface area contributed by atoms with Crippen LogP contribution < -0.4 is 14.9 Å². The van der Waals surface area contributed by atoms with Crippen molar-refractivity contribution in [2.75, 3.05) is 39.5 Å². The summed E-state index contributed by atoms with van der Waals surface area (Å²) in [4.78, 5) is 21.2. The number of carboxylic acids is 2. The van der Waals surface area contributed by atoms with Gasteiger partial charge in [-0.15, -0.1) is 0 Å². The molecular formula is C19H24ClNO6-2. The number of hydrogen-bond acceptors (Lipinski definition) is 7. The maximum Gasteiger partial charge on any atom is 0.137 e. The van der Waals surface area contributed by atoms with Gasteiger partial charge in [0.2, 0.25) is 0 Å². The largest absolute Gasteiger partial charge is 0.545 e.